The number of carbonyl (C=O) groups excluding carboxylic acids is 2. The summed E-state index contributed by atoms with van der Waals surface area (Å²) in [5, 5.41) is 14.0. The molecule has 0 bridgehead atoms. The molecule has 196 valence electrons. The average Bonchev–Trinajstić information content (AvgIpc) is 3.38. The number of hydrogen-bond acceptors (Lipinski definition) is 7. The molecule has 0 unspecified atom stereocenters. The van der Waals surface area contributed by atoms with Crippen molar-refractivity contribution in [3.05, 3.63) is 41.5 Å². The molecular formula is C23H23F4N7O3. The van der Waals surface area contributed by atoms with Crippen LogP contribution in [0.15, 0.2) is 24.7 Å². The van der Waals surface area contributed by atoms with E-state index in [-0.39, 0.29) is 17.9 Å². The molecule has 10 nitrogen and oxygen atoms in total. The number of amides is 2. The second-order valence-corrected chi connectivity index (χ2v) is 9.45. The minimum atomic E-state index is -5.23. The Balaban J connectivity index is 1.43. The van der Waals surface area contributed by atoms with E-state index in [4.69, 9.17) is 5.73 Å². The van der Waals surface area contributed by atoms with Crippen LogP contribution in [-0.4, -0.2) is 89.9 Å². The summed E-state index contributed by atoms with van der Waals surface area (Å²) in [5.41, 5.74) is 5.61. The number of nitrogens with zero attached hydrogens (tertiary/aromatic N) is 6. The van der Waals surface area contributed by atoms with E-state index in [1.807, 2.05) is 13.0 Å². The van der Waals surface area contributed by atoms with Crippen molar-refractivity contribution in [1.29, 1.82) is 0 Å². The summed E-state index contributed by atoms with van der Waals surface area (Å²) >= 11 is 0. The Bertz CT molecular complexity index is 1420. The summed E-state index contributed by atoms with van der Waals surface area (Å²) in [6, 6.07) is 2.26. The Morgan fingerprint density at radius 1 is 1.22 bits per heavy atom. The fraction of sp³-hybridized carbons (Fsp3) is 0.435. The third-order valence-electron chi connectivity index (χ3n) is 7.00. The number of aliphatic hydroxyl groups is 1. The van der Waals surface area contributed by atoms with Gasteiger partial charge in [-0.05, 0) is 31.5 Å². The highest BCUT2D eigenvalue weighted by atomic mass is 19.4. The van der Waals surface area contributed by atoms with Crippen LogP contribution in [0.5, 0.6) is 0 Å². The van der Waals surface area contributed by atoms with E-state index in [1.165, 1.54) is 11.2 Å². The summed E-state index contributed by atoms with van der Waals surface area (Å²) in [5.74, 6) is -1.92. The molecule has 3 N–H and O–H groups in total. The van der Waals surface area contributed by atoms with Crippen molar-refractivity contribution < 1.29 is 32.3 Å². The van der Waals surface area contributed by atoms with Crippen LogP contribution < -0.4 is 5.73 Å². The van der Waals surface area contributed by atoms with E-state index >= 15 is 0 Å². The first-order chi connectivity index (χ1) is 17.3. The molecule has 2 aliphatic rings. The van der Waals surface area contributed by atoms with E-state index in [0.717, 1.165) is 5.56 Å². The second kappa shape index (κ2) is 8.36. The first-order valence-corrected chi connectivity index (χ1v) is 11.4. The Morgan fingerprint density at radius 2 is 1.95 bits per heavy atom. The van der Waals surface area contributed by atoms with E-state index in [1.54, 1.807) is 16.8 Å². The molecule has 0 aliphatic carbocycles. The minimum absolute atomic E-state index is 0.0812. The SMILES string of the molecule is Cc1cc(-c2cnc3c(c2)C(=O)N([C@H]2CN(C(=O)[C@@](C)(O)C(F)(F)F)C[C@H]2F)CC3)n2ncnc(N)c12. The zero-order valence-electron chi connectivity index (χ0n) is 19.8. The molecular weight excluding hydrogens is 498 g/mol. The molecule has 2 aliphatic heterocycles. The van der Waals surface area contributed by atoms with Crippen LogP contribution in [-0.2, 0) is 11.2 Å². The van der Waals surface area contributed by atoms with Gasteiger partial charge in [-0.1, -0.05) is 0 Å². The van der Waals surface area contributed by atoms with Crippen LogP contribution in [0.3, 0.4) is 0 Å². The first-order valence-electron chi connectivity index (χ1n) is 11.4. The molecule has 3 aromatic rings. The number of halogens is 4. The normalized spacial score (nSPS) is 21.9. The number of hydrogen-bond donors (Lipinski definition) is 2. The first kappa shape index (κ1) is 24.9. The van der Waals surface area contributed by atoms with Crippen molar-refractivity contribution in [2.75, 3.05) is 25.4 Å². The summed E-state index contributed by atoms with van der Waals surface area (Å²) < 4.78 is 56.0. The number of nitrogens with two attached hydrogens (primary N) is 1. The molecule has 3 atom stereocenters. The fourth-order valence-corrected chi connectivity index (χ4v) is 4.91. The molecule has 0 radical (unpaired) electrons. The summed E-state index contributed by atoms with van der Waals surface area (Å²) in [6.07, 6.45) is -3.83. The Labute approximate surface area is 207 Å². The maximum Gasteiger partial charge on any atom is 0.426 e. The third kappa shape index (κ3) is 3.86. The molecule has 2 amide bonds. The molecule has 1 fully saturated rings. The largest absolute Gasteiger partial charge is 0.426 e. The monoisotopic (exact) mass is 521 g/mol. The molecule has 1 saturated heterocycles. The highest BCUT2D eigenvalue weighted by Crippen LogP contribution is 2.35. The molecule has 0 aromatic carbocycles. The smallest absolute Gasteiger partial charge is 0.382 e. The van der Waals surface area contributed by atoms with Gasteiger partial charge in [-0.3, -0.25) is 14.6 Å². The maximum atomic E-state index is 15.0. The zero-order valence-corrected chi connectivity index (χ0v) is 19.8. The topological polar surface area (TPSA) is 130 Å². The van der Waals surface area contributed by atoms with Gasteiger partial charge >= 0.3 is 6.18 Å². The number of alkyl halides is 4. The molecule has 5 rings (SSSR count). The van der Waals surface area contributed by atoms with Gasteiger partial charge in [0.25, 0.3) is 11.8 Å². The van der Waals surface area contributed by atoms with Crippen molar-refractivity contribution in [1.82, 2.24) is 29.4 Å². The van der Waals surface area contributed by atoms with Crippen molar-refractivity contribution in [2.24, 2.45) is 0 Å². The van der Waals surface area contributed by atoms with E-state index in [9.17, 15) is 32.3 Å². The molecule has 0 spiro atoms. The zero-order chi connectivity index (χ0) is 26.9. The number of fused-ring (bicyclic) bond motifs is 2. The number of pyridine rings is 1. The standard InChI is InChI=1S/C23H23F4N7O3/c1-11-5-16(34-18(11)19(28)30-10-31-34)12-6-13-15(29-7-12)3-4-33(20(13)35)17-9-32(8-14(17)24)21(36)22(2,37)23(25,26)27/h5-7,10,14,17,37H,3-4,8-9H2,1-2H3,(H2,28,30,31)/t14-,17+,22-/m1/s1. The number of anilines is 1. The molecule has 3 aromatic heterocycles. The van der Waals surface area contributed by atoms with Crippen LogP contribution in [0.25, 0.3) is 16.8 Å². The van der Waals surface area contributed by atoms with Gasteiger partial charge in [-0.2, -0.15) is 18.3 Å². The van der Waals surface area contributed by atoms with Gasteiger partial charge in [0, 0.05) is 31.3 Å². The quantitative estimate of drug-likeness (QED) is 0.500. The summed E-state index contributed by atoms with van der Waals surface area (Å²) in [4.78, 5) is 36.0. The van der Waals surface area contributed by atoms with Crippen molar-refractivity contribution in [3.8, 4) is 11.3 Å². The van der Waals surface area contributed by atoms with E-state index < -0.39 is 48.9 Å². The van der Waals surface area contributed by atoms with Crippen molar-refractivity contribution in [2.45, 2.75) is 44.3 Å². The molecule has 0 saturated carbocycles. The minimum Gasteiger partial charge on any atom is -0.382 e. The van der Waals surface area contributed by atoms with Gasteiger partial charge in [0.1, 0.15) is 18.0 Å². The van der Waals surface area contributed by atoms with Crippen molar-refractivity contribution >= 4 is 23.1 Å². The predicted octanol–water partition coefficient (Wildman–Crippen LogP) is 1.54. The van der Waals surface area contributed by atoms with Crippen LogP contribution in [0.1, 0.15) is 28.5 Å². The van der Waals surface area contributed by atoms with Crippen molar-refractivity contribution in [3.63, 3.8) is 0 Å². The highest BCUT2D eigenvalue weighted by Gasteiger charge is 2.58. The Kier molecular flexibility index (Phi) is 5.62. The van der Waals surface area contributed by atoms with Crippen LogP contribution in [0.2, 0.25) is 0 Å². The molecule has 14 heteroatoms. The number of carbonyl (C=O) groups is 2. The lowest BCUT2D eigenvalue weighted by atomic mass is 9.99. The summed E-state index contributed by atoms with van der Waals surface area (Å²) in [7, 11) is 0. The van der Waals surface area contributed by atoms with Crippen LogP contribution >= 0.6 is 0 Å². The number of nitrogen functional groups attached to an aromatic ring is 1. The number of aromatic nitrogens is 4. The maximum absolute atomic E-state index is 15.0. The van der Waals surface area contributed by atoms with Gasteiger partial charge < -0.3 is 20.6 Å². The second-order valence-electron chi connectivity index (χ2n) is 9.45. The van der Waals surface area contributed by atoms with Gasteiger partial charge in [-0.25, -0.2) is 13.9 Å². The lowest BCUT2D eigenvalue weighted by molar-refractivity contribution is -0.249. The Hall–Kier alpha value is -3.81. The molecule has 37 heavy (non-hydrogen) atoms. The third-order valence-corrected chi connectivity index (χ3v) is 7.00. The lowest BCUT2D eigenvalue weighted by Crippen LogP contribution is -2.56. The van der Waals surface area contributed by atoms with Crippen LogP contribution in [0, 0.1) is 6.92 Å². The summed E-state index contributed by atoms with van der Waals surface area (Å²) in [6.45, 7) is 1.11. The van der Waals surface area contributed by atoms with Gasteiger partial charge in [0.15, 0.2) is 5.82 Å². The number of rotatable bonds is 3. The van der Waals surface area contributed by atoms with Gasteiger partial charge in [0.05, 0.1) is 29.5 Å². The van der Waals surface area contributed by atoms with E-state index in [2.05, 4.69) is 15.1 Å². The number of likely N-dealkylation sites (tertiary alicyclic amines) is 1. The van der Waals surface area contributed by atoms with Gasteiger partial charge in [0.2, 0.25) is 5.60 Å². The highest BCUT2D eigenvalue weighted by molar-refractivity contribution is 5.98. The lowest BCUT2D eigenvalue weighted by Gasteiger charge is -2.34. The predicted molar refractivity (Wildman–Crippen MR) is 122 cm³/mol. The average molecular weight is 521 g/mol. The van der Waals surface area contributed by atoms with Gasteiger partial charge in [-0.15, -0.1) is 0 Å². The van der Waals surface area contributed by atoms with E-state index in [0.29, 0.717) is 40.7 Å². The fourth-order valence-electron chi connectivity index (χ4n) is 4.91. The Morgan fingerprint density at radius 3 is 2.65 bits per heavy atom. The van der Waals surface area contributed by atoms with Crippen LogP contribution in [0.4, 0.5) is 23.4 Å². The number of aryl methyl sites for hydroxylation is 1. The molecule has 5 heterocycles.